The molecule has 8 heteroatoms. The Morgan fingerprint density at radius 3 is 2.82 bits per heavy atom. The van der Waals surface area contributed by atoms with Crippen LogP contribution in [-0.4, -0.2) is 51.5 Å². The van der Waals surface area contributed by atoms with Gasteiger partial charge in [-0.1, -0.05) is 36.4 Å². The van der Waals surface area contributed by atoms with Crippen LogP contribution in [0, 0.1) is 5.92 Å². The Labute approximate surface area is 167 Å². The molecular weight excluding hydrogens is 380 g/mol. The molecule has 0 bridgehead atoms. The first-order valence-corrected chi connectivity index (χ1v) is 11.4. The molecule has 0 radical (unpaired) electrons. The predicted molar refractivity (Wildman–Crippen MR) is 108 cm³/mol. The summed E-state index contributed by atoms with van der Waals surface area (Å²) in [5.41, 5.74) is 0.957. The molecule has 1 aromatic rings. The second kappa shape index (κ2) is 11.2. The van der Waals surface area contributed by atoms with Gasteiger partial charge in [0.15, 0.2) is 0 Å². The maximum absolute atomic E-state index is 12.4. The molecule has 156 valence electrons. The summed E-state index contributed by atoms with van der Waals surface area (Å²) in [5, 5.41) is 3.01. The SMILES string of the molecule is C=CCNC(CC[C@H]1CCCN(C(=O)OCc2ccccc2)C1)OS(C)(=O)=O. The van der Waals surface area contributed by atoms with E-state index in [-0.39, 0.29) is 18.6 Å². The average Bonchev–Trinajstić information content (AvgIpc) is 2.68. The van der Waals surface area contributed by atoms with Gasteiger partial charge in [-0.15, -0.1) is 6.58 Å². The second-order valence-electron chi connectivity index (χ2n) is 7.06. The van der Waals surface area contributed by atoms with Crippen molar-refractivity contribution in [2.24, 2.45) is 5.92 Å². The minimum absolute atomic E-state index is 0.261. The van der Waals surface area contributed by atoms with Crippen LogP contribution in [0.25, 0.3) is 0 Å². The van der Waals surface area contributed by atoms with E-state index in [0.29, 0.717) is 26.1 Å². The number of carbonyl (C=O) groups excluding carboxylic acids is 1. The molecule has 2 atom stereocenters. The van der Waals surface area contributed by atoms with Gasteiger partial charge in [-0.2, -0.15) is 8.42 Å². The van der Waals surface area contributed by atoms with Gasteiger partial charge < -0.3 is 9.64 Å². The first-order valence-electron chi connectivity index (χ1n) is 9.55. The predicted octanol–water partition coefficient (Wildman–Crippen LogP) is 2.89. The molecule has 0 aromatic heterocycles. The lowest BCUT2D eigenvalue weighted by atomic mass is 9.93. The Bertz CT molecular complexity index is 723. The van der Waals surface area contributed by atoms with E-state index in [1.807, 2.05) is 30.3 Å². The molecule has 0 saturated carbocycles. The van der Waals surface area contributed by atoms with Crippen LogP contribution >= 0.6 is 0 Å². The van der Waals surface area contributed by atoms with Gasteiger partial charge in [-0.25, -0.2) is 4.79 Å². The number of piperidine rings is 1. The normalized spacial score (nSPS) is 18.5. The summed E-state index contributed by atoms with van der Waals surface area (Å²) in [6.07, 6.45) is 5.00. The molecule has 7 nitrogen and oxygen atoms in total. The number of benzene rings is 1. The Balaban J connectivity index is 1.80. The summed E-state index contributed by atoms with van der Waals surface area (Å²) in [4.78, 5) is 14.1. The van der Waals surface area contributed by atoms with Gasteiger partial charge in [0.25, 0.3) is 10.1 Å². The summed E-state index contributed by atoms with van der Waals surface area (Å²) in [6, 6.07) is 9.59. The molecular formula is C20H30N2O5S. The number of hydrogen-bond acceptors (Lipinski definition) is 6. The van der Waals surface area contributed by atoms with Gasteiger partial charge in [-0.3, -0.25) is 9.50 Å². The van der Waals surface area contributed by atoms with Crippen LogP contribution in [0.15, 0.2) is 43.0 Å². The molecule has 1 aliphatic rings. The van der Waals surface area contributed by atoms with Crippen molar-refractivity contribution < 1.29 is 22.1 Å². The number of likely N-dealkylation sites (tertiary alicyclic amines) is 1. The summed E-state index contributed by atoms with van der Waals surface area (Å²) in [6.45, 7) is 5.64. The fourth-order valence-corrected chi connectivity index (χ4v) is 3.86. The molecule has 1 N–H and O–H groups in total. The number of ether oxygens (including phenoxy) is 1. The Morgan fingerprint density at radius 2 is 2.14 bits per heavy atom. The Kier molecular flexibility index (Phi) is 8.95. The number of carbonyl (C=O) groups is 1. The van der Waals surface area contributed by atoms with E-state index < -0.39 is 16.3 Å². The van der Waals surface area contributed by atoms with Crippen molar-refractivity contribution in [1.29, 1.82) is 0 Å². The highest BCUT2D eigenvalue weighted by Gasteiger charge is 2.26. The fourth-order valence-electron chi connectivity index (χ4n) is 3.27. The first-order chi connectivity index (χ1) is 13.4. The molecule has 0 aliphatic carbocycles. The standard InChI is InChI=1S/C20H30N2O5S/c1-3-13-21-19(27-28(2,24)25)12-11-17-10-7-14-22(15-17)20(23)26-16-18-8-5-4-6-9-18/h3-6,8-9,17,19,21H,1,7,10-16H2,2H3/t17-,19?/m1/s1. The number of rotatable bonds is 10. The molecule has 28 heavy (non-hydrogen) atoms. The second-order valence-corrected chi connectivity index (χ2v) is 8.66. The van der Waals surface area contributed by atoms with Gasteiger partial charge in [-0.05, 0) is 37.2 Å². The van der Waals surface area contributed by atoms with E-state index in [4.69, 9.17) is 8.92 Å². The zero-order chi connectivity index (χ0) is 20.4. The van der Waals surface area contributed by atoms with Crippen molar-refractivity contribution in [3.05, 3.63) is 48.6 Å². The summed E-state index contributed by atoms with van der Waals surface area (Å²) >= 11 is 0. The number of hydrogen-bond donors (Lipinski definition) is 1. The van der Waals surface area contributed by atoms with E-state index in [9.17, 15) is 13.2 Å². The highest BCUT2D eigenvalue weighted by Crippen LogP contribution is 2.23. The van der Waals surface area contributed by atoms with E-state index in [0.717, 1.165) is 31.1 Å². The molecule has 1 unspecified atom stereocenters. The minimum Gasteiger partial charge on any atom is -0.445 e. The average molecular weight is 411 g/mol. The van der Waals surface area contributed by atoms with Crippen molar-refractivity contribution in [3.8, 4) is 0 Å². The number of nitrogens with zero attached hydrogens (tertiary/aromatic N) is 1. The van der Waals surface area contributed by atoms with Gasteiger partial charge in [0.2, 0.25) is 0 Å². The third-order valence-electron chi connectivity index (χ3n) is 4.60. The van der Waals surface area contributed by atoms with Crippen LogP contribution in [0.5, 0.6) is 0 Å². The zero-order valence-corrected chi connectivity index (χ0v) is 17.2. The lowest BCUT2D eigenvalue weighted by Crippen LogP contribution is -2.41. The van der Waals surface area contributed by atoms with E-state index in [1.165, 1.54) is 0 Å². The number of nitrogens with one attached hydrogen (secondary N) is 1. The van der Waals surface area contributed by atoms with E-state index >= 15 is 0 Å². The van der Waals surface area contributed by atoms with Gasteiger partial charge in [0.1, 0.15) is 12.8 Å². The summed E-state index contributed by atoms with van der Waals surface area (Å²) in [7, 11) is -3.55. The molecule has 1 aromatic carbocycles. The van der Waals surface area contributed by atoms with Crippen LogP contribution in [-0.2, 0) is 25.6 Å². The minimum atomic E-state index is -3.55. The zero-order valence-electron chi connectivity index (χ0n) is 16.4. The van der Waals surface area contributed by atoms with Crippen molar-refractivity contribution in [1.82, 2.24) is 10.2 Å². The van der Waals surface area contributed by atoms with Gasteiger partial charge in [0, 0.05) is 19.6 Å². The Morgan fingerprint density at radius 1 is 1.39 bits per heavy atom. The molecule has 1 fully saturated rings. The maximum atomic E-state index is 12.4. The maximum Gasteiger partial charge on any atom is 0.410 e. The van der Waals surface area contributed by atoms with E-state index in [2.05, 4.69) is 11.9 Å². The third-order valence-corrected chi connectivity index (χ3v) is 5.18. The molecule has 1 heterocycles. The van der Waals surface area contributed by atoms with Crippen LogP contribution in [0.1, 0.15) is 31.2 Å². The lowest BCUT2D eigenvalue weighted by molar-refractivity contribution is 0.0747. The van der Waals surface area contributed by atoms with Crippen molar-refractivity contribution >= 4 is 16.2 Å². The van der Waals surface area contributed by atoms with Crippen LogP contribution in [0.4, 0.5) is 4.79 Å². The van der Waals surface area contributed by atoms with Crippen LogP contribution in [0.2, 0.25) is 0 Å². The lowest BCUT2D eigenvalue weighted by Gasteiger charge is -2.32. The monoisotopic (exact) mass is 410 g/mol. The molecule has 1 aliphatic heterocycles. The molecule has 1 saturated heterocycles. The molecule has 2 rings (SSSR count). The smallest absolute Gasteiger partial charge is 0.410 e. The first kappa shape index (κ1) is 22.4. The fraction of sp³-hybridized carbons (Fsp3) is 0.550. The van der Waals surface area contributed by atoms with Crippen molar-refractivity contribution in [2.75, 3.05) is 25.9 Å². The quantitative estimate of drug-likeness (QED) is 0.363. The topological polar surface area (TPSA) is 84.9 Å². The van der Waals surface area contributed by atoms with Gasteiger partial charge >= 0.3 is 6.09 Å². The summed E-state index contributed by atoms with van der Waals surface area (Å²) < 4.78 is 33.4. The van der Waals surface area contributed by atoms with Crippen molar-refractivity contribution in [2.45, 2.75) is 38.5 Å². The molecule has 0 spiro atoms. The highest BCUT2D eigenvalue weighted by molar-refractivity contribution is 7.86. The van der Waals surface area contributed by atoms with Crippen molar-refractivity contribution in [3.63, 3.8) is 0 Å². The van der Waals surface area contributed by atoms with Gasteiger partial charge in [0.05, 0.1) is 6.26 Å². The Hall–Kier alpha value is -1.90. The highest BCUT2D eigenvalue weighted by atomic mass is 32.2. The van der Waals surface area contributed by atoms with Crippen LogP contribution in [0.3, 0.4) is 0 Å². The van der Waals surface area contributed by atoms with Crippen LogP contribution < -0.4 is 5.32 Å². The molecule has 1 amide bonds. The number of amides is 1. The summed E-state index contributed by atoms with van der Waals surface area (Å²) in [5.74, 6) is 0.286. The third kappa shape index (κ3) is 8.41. The van der Waals surface area contributed by atoms with E-state index in [1.54, 1.807) is 11.0 Å². The largest absolute Gasteiger partial charge is 0.445 e.